The fourth-order valence-electron chi connectivity index (χ4n) is 5.99. The number of carbonyl (C=O) groups is 4. The molecule has 0 aliphatic carbocycles. The number of fused-ring (bicyclic) bond motifs is 2. The molecule has 6 rings (SSSR count). The summed E-state index contributed by atoms with van der Waals surface area (Å²) in [5.74, 6) is -4.70. The number of benzene rings is 3. The molecule has 3 aromatic carbocycles. The van der Waals surface area contributed by atoms with E-state index in [4.69, 9.17) is 4.74 Å². The van der Waals surface area contributed by atoms with Gasteiger partial charge >= 0.3 is 17.0 Å². The molecular formula is C34H29F3N4O6S2. The third-order valence-electron chi connectivity index (χ3n) is 8.25. The van der Waals surface area contributed by atoms with Crippen molar-refractivity contribution in [1.82, 2.24) is 4.57 Å². The first kappa shape index (κ1) is 34.0. The number of aromatic nitrogens is 1. The van der Waals surface area contributed by atoms with Crippen LogP contribution in [0.3, 0.4) is 0 Å². The molecule has 1 aromatic heterocycles. The summed E-state index contributed by atoms with van der Waals surface area (Å²) in [6.45, 7) is 1.45. The number of anilines is 3. The van der Waals surface area contributed by atoms with Gasteiger partial charge in [-0.2, -0.15) is 13.2 Å². The van der Waals surface area contributed by atoms with Crippen LogP contribution in [-0.4, -0.2) is 54.2 Å². The predicted molar refractivity (Wildman–Crippen MR) is 179 cm³/mol. The van der Waals surface area contributed by atoms with E-state index >= 15 is 0 Å². The lowest BCUT2D eigenvalue weighted by Gasteiger charge is -2.31. The number of alkyl halides is 3. The van der Waals surface area contributed by atoms with E-state index in [1.54, 1.807) is 19.1 Å². The van der Waals surface area contributed by atoms with Crippen LogP contribution in [0.15, 0.2) is 82.6 Å². The number of nitrogens with one attached hydrogen (secondary N) is 1. The molecule has 3 amide bonds. The van der Waals surface area contributed by atoms with Crippen molar-refractivity contribution in [1.29, 1.82) is 0 Å². The lowest BCUT2D eigenvalue weighted by Crippen LogP contribution is -2.33. The number of thioether (sulfide) groups is 1. The fourth-order valence-corrected chi connectivity index (χ4v) is 8.76. The highest BCUT2D eigenvalue weighted by Crippen LogP contribution is 2.54. The number of halogens is 3. The van der Waals surface area contributed by atoms with Crippen LogP contribution in [0.2, 0.25) is 0 Å². The van der Waals surface area contributed by atoms with Gasteiger partial charge in [0.1, 0.15) is 11.8 Å². The van der Waals surface area contributed by atoms with Gasteiger partial charge < -0.3 is 15.0 Å². The molecule has 4 aromatic rings. The highest BCUT2D eigenvalue weighted by atomic mass is 32.2. The van der Waals surface area contributed by atoms with Gasteiger partial charge in [-0.3, -0.25) is 23.7 Å². The Morgan fingerprint density at radius 1 is 0.939 bits per heavy atom. The van der Waals surface area contributed by atoms with Crippen LogP contribution < -0.4 is 20.0 Å². The van der Waals surface area contributed by atoms with Gasteiger partial charge in [-0.05, 0) is 61.0 Å². The molecule has 2 aliphatic rings. The van der Waals surface area contributed by atoms with E-state index in [1.165, 1.54) is 41.0 Å². The van der Waals surface area contributed by atoms with E-state index in [9.17, 15) is 37.1 Å². The van der Waals surface area contributed by atoms with Crippen LogP contribution in [0.5, 0.6) is 0 Å². The minimum absolute atomic E-state index is 0.206. The Morgan fingerprint density at radius 2 is 1.61 bits per heavy atom. The second kappa shape index (κ2) is 13.2. The minimum Gasteiger partial charge on any atom is -0.462 e. The number of ether oxygens (including phenoxy) is 1. The van der Waals surface area contributed by atoms with Crippen LogP contribution in [0.25, 0.3) is 0 Å². The molecule has 0 saturated carbocycles. The zero-order valence-corrected chi connectivity index (χ0v) is 27.9. The number of para-hydroxylation sites is 1. The highest BCUT2D eigenvalue weighted by molar-refractivity contribution is 8.00. The lowest BCUT2D eigenvalue weighted by molar-refractivity contribution is -0.137. The van der Waals surface area contributed by atoms with Gasteiger partial charge in [0.05, 0.1) is 34.4 Å². The summed E-state index contributed by atoms with van der Waals surface area (Å²) in [4.78, 5) is 69.1. The molecule has 1 saturated heterocycles. The second-order valence-corrected chi connectivity index (χ2v) is 13.6. The second-order valence-electron chi connectivity index (χ2n) is 11.5. The van der Waals surface area contributed by atoms with E-state index in [0.29, 0.717) is 26.6 Å². The van der Waals surface area contributed by atoms with Crippen LogP contribution in [0, 0.1) is 5.92 Å². The molecule has 3 heterocycles. The Kier molecular flexibility index (Phi) is 9.15. The van der Waals surface area contributed by atoms with Crippen molar-refractivity contribution in [2.45, 2.75) is 35.8 Å². The Labute approximate surface area is 286 Å². The maximum Gasteiger partial charge on any atom is 0.418 e. The first-order valence-electron chi connectivity index (χ1n) is 15.1. The molecule has 3 unspecified atom stereocenters. The van der Waals surface area contributed by atoms with Crippen LogP contribution in [0.4, 0.5) is 30.2 Å². The monoisotopic (exact) mass is 710 g/mol. The lowest BCUT2D eigenvalue weighted by atomic mass is 9.83. The minimum atomic E-state index is -4.83. The number of hydrogen-bond acceptors (Lipinski definition) is 9. The van der Waals surface area contributed by atoms with E-state index in [-0.39, 0.29) is 11.6 Å². The normalized spacial score (nSPS) is 18.6. The molecule has 0 spiro atoms. The van der Waals surface area contributed by atoms with E-state index in [0.717, 1.165) is 40.9 Å². The maximum atomic E-state index is 14.1. The number of esters is 1. The average Bonchev–Trinajstić information content (AvgIpc) is 3.50. The Bertz CT molecular complexity index is 2010. The zero-order chi connectivity index (χ0) is 35.2. The largest absolute Gasteiger partial charge is 0.462 e. The van der Waals surface area contributed by atoms with Crippen molar-refractivity contribution in [2.24, 2.45) is 5.92 Å². The van der Waals surface area contributed by atoms with Crippen molar-refractivity contribution in [3.63, 3.8) is 0 Å². The first-order valence-corrected chi connectivity index (χ1v) is 16.8. The summed E-state index contributed by atoms with van der Waals surface area (Å²) in [5.41, 5.74) is 0.409. The third kappa shape index (κ3) is 6.35. The highest BCUT2D eigenvalue weighted by Gasteiger charge is 2.57. The summed E-state index contributed by atoms with van der Waals surface area (Å²) < 4.78 is 48.3. The predicted octanol–water partition coefficient (Wildman–Crippen LogP) is 5.61. The van der Waals surface area contributed by atoms with Crippen molar-refractivity contribution in [3.05, 3.63) is 104 Å². The smallest absolute Gasteiger partial charge is 0.418 e. The van der Waals surface area contributed by atoms with Crippen molar-refractivity contribution < 1.29 is 37.1 Å². The topological polar surface area (TPSA) is 118 Å². The molecule has 0 radical (unpaired) electrons. The molecule has 15 heteroatoms. The molecule has 49 heavy (non-hydrogen) atoms. The first-order chi connectivity index (χ1) is 23.3. The third-order valence-corrected chi connectivity index (χ3v) is 10.9. The SMILES string of the molecule is CCOC(=O)c1ccc(NC(=O)Cn2c3c(sc2=O)C(c2ccc(N(C)C)cc2)C2C(=O)N(c4ccccc4C(F)(F)F)C(=O)C2S3)cc1. The molecule has 2 aliphatic heterocycles. The number of imide groups is 1. The number of amides is 3. The molecule has 0 bridgehead atoms. The Hall–Kier alpha value is -4.89. The van der Waals surface area contributed by atoms with Crippen LogP contribution in [0.1, 0.15) is 39.2 Å². The standard InChI is InChI=1S/C34H29F3N4O6S2/c1-4-47-32(45)19-9-13-20(14-10-19)38-24(42)17-40-31-28(49-33(40)46)25(18-11-15-21(16-12-18)39(2)3)26-27(48-31)30(44)41(29(26)43)23-8-6-5-7-22(23)34(35,36)37/h5-16,25-27H,4,17H2,1-3H3,(H,38,42). The number of nitrogens with zero attached hydrogens (tertiary/aromatic N) is 3. The van der Waals surface area contributed by atoms with Crippen molar-refractivity contribution >= 4 is 63.9 Å². The number of carbonyl (C=O) groups excluding carboxylic acids is 4. The van der Waals surface area contributed by atoms with Crippen LogP contribution >= 0.6 is 23.1 Å². The van der Waals surface area contributed by atoms with Crippen LogP contribution in [-0.2, 0) is 31.8 Å². The molecule has 3 atom stereocenters. The van der Waals surface area contributed by atoms with Gasteiger partial charge in [-0.25, -0.2) is 9.69 Å². The molecule has 254 valence electrons. The van der Waals surface area contributed by atoms with Gasteiger partial charge in [0.2, 0.25) is 17.7 Å². The summed E-state index contributed by atoms with van der Waals surface area (Å²) in [6, 6.07) is 17.6. The fraction of sp³-hybridized carbons (Fsp3) is 0.265. The number of thiazole rings is 1. The van der Waals surface area contributed by atoms with Gasteiger partial charge in [-0.15, -0.1) is 0 Å². The Balaban J connectivity index is 1.37. The molecule has 10 nitrogen and oxygen atoms in total. The zero-order valence-electron chi connectivity index (χ0n) is 26.3. The average molecular weight is 711 g/mol. The summed E-state index contributed by atoms with van der Waals surface area (Å²) in [6.07, 6.45) is -4.83. The Morgan fingerprint density at radius 3 is 2.24 bits per heavy atom. The molecule has 1 N–H and O–H groups in total. The molecular weight excluding hydrogens is 682 g/mol. The van der Waals surface area contributed by atoms with Gasteiger partial charge in [0.25, 0.3) is 0 Å². The maximum absolute atomic E-state index is 14.1. The summed E-state index contributed by atoms with van der Waals surface area (Å²) in [5, 5.41) is 1.81. The summed E-state index contributed by atoms with van der Waals surface area (Å²) in [7, 11) is 3.70. The number of hydrogen-bond donors (Lipinski definition) is 1. The quantitative estimate of drug-likeness (QED) is 0.186. The van der Waals surface area contributed by atoms with Crippen molar-refractivity contribution in [3.8, 4) is 0 Å². The van der Waals surface area contributed by atoms with E-state index < -0.39 is 69.6 Å². The van der Waals surface area contributed by atoms with E-state index in [1.807, 2.05) is 31.1 Å². The van der Waals surface area contributed by atoms with Gasteiger partial charge in [0, 0.05) is 36.3 Å². The summed E-state index contributed by atoms with van der Waals surface area (Å²) >= 11 is 1.73. The van der Waals surface area contributed by atoms with Gasteiger partial charge in [0.15, 0.2) is 0 Å². The van der Waals surface area contributed by atoms with E-state index in [2.05, 4.69) is 5.32 Å². The number of rotatable bonds is 8. The molecule has 1 fully saturated rings. The van der Waals surface area contributed by atoms with Gasteiger partial charge in [-0.1, -0.05) is 47.4 Å². The van der Waals surface area contributed by atoms with Crippen molar-refractivity contribution in [2.75, 3.05) is 35.8 Å².